The predicted molar refractivity (Wildman–Crippen MR) is 91.0 cm³/mol. The van der Waals surface area contributed by atoms with Gasteiger partial charge in [-0.15, -0.1) is 0 Å². The van der Waals surface area contributed by atoms with Gasteiger partial charge in [0.1, 0.15) is 11.3 Å². The molecule has 0 aromatic carbocycles. The number of likely N-dealkylation sites (tertiary alicyclic amines) is 1. The normalized spacial score (nSPS) is 18.3. The van der Waals surface area contributed by atoms with E-state index in [-0.39, 0.29) is 0 Å². The molecule has 1 aliphatic rings. The molecule has 1 atom stereocenters. The fraction of sp³-hybridized carbons (Fsp3) is 0.611. The van der Waals surface area contributed by atoms with E-state index < -0.39 is 0 Å². The van der Waals surface area contributed by atoms with E-state index in [1.54, 1.807) is 0 Å². The minimum absolute atomic E-state index is 0.299. The molecule has 1 unspecified atom stereocenters. The van der Waals surface area contributed by atoms with Gasteiger partial charge in [-0.2, -0.15) is 0 Å². The molecule has 1 amide bonds. The second-order valence-electron chi connectivity index (χ2n) is 6.91. The van der Waals surface area contributed by atoms with Gasteiger partial charge >= 0.3 is 0 Å². The first kappa shape index (κ1) is 16.0. The number of carbonyl (C=O) groups is 1. The Labute approximate surface area is 137 Å². The second-order valence-corrected chi connectivity index (χ2v) is 6.91. The zero-order valence-electron chi connectivity index (χ0n) is 14.3. The summed E-state index contributed by atoms with van der Waals surface area (Å²) in [7, 11) is 0. The Kier molecular flexibility index (Phi) is 4.64. The van der Waals surface area contributed by atoms with Crippen LogP contribution in [0.15, 0.2) is 18.3 Å². The Hall–Kier alpha value is -1.91. The van der Waals surface area contributed by atoms with Gasteiger partial charge in [-0.1, -0.05) is 13.8 Å². The first-order valence-corrected chi connectivity index (χ1v) is 8.66. The number of amides is 1. The van der Waals surface area contributed by atoms with Gasteiger partial charge in [0.05, 0.1) is 0 Å². The highest BCUT2D eigenvalue weighted by Gasteiger charge is 2.28. The van der Waals surface area contributed by atoms with Crippen molar-refractivity contribution in [3.63, 3.8) is 0 Å². The third-order valence-electron chi connectivity index (χ3n) is 4.59. The van der Waals surface area contributed by atoms with E-state index in [9.17, 15) is 4.79 Å². The first-order chi connectivity index (χ1) is 11.1. The molecule has 0 saturated carbocycles. The van der Waals surface area contributed by atoms with Crippen LogP contribution in [-0.2, 0) is 17.8 Å². The Balaban J connectivity index is 1.70. The van der Waals surface area contributed by atoms with Gasteiger partial charge in [0.2, 0.25) is 5.91 Å². The molecule has 0 N–H and O–H groups in total. The molecule has 3 heterocycles. The lowest BCUT2D eigenvalue weighted by molar-refractivity contribution is -0.131. The highest BCUT2D eigenvalue weighted by Crippen LogP contribution is 2.23. The maximum absolute atomic E-state index is 12.2. The van der Waals surface area contributed by atoms with Gasteiger partial charge < -0.3 is 9.47 Å². The zero-order valence-corrected chi connectivity index (χ0v) is 14.3. The third kappa shape index (κ3) is 3.38. The number of imidazole rings is 1. The molecule has 0 spiro atoms. The summed E-state index contributed by atoms with van der Waals surface area (Å²) in [6.07, 6.45) is 4.48. The lowest BCUT2D eigenvalue weighted by atomic mass is 10.0. The van der Waals surface area contributed by atoms with E-state index in [0.717, 1.165) is 49.5 Å². The number of hydrogen-bond acceptors (Lipinski definition) is 3. The molecule has 1 aliphatic heterocycles. The molecular weight excluding hydrogens is 288 g/mol. The van der Waals surface area contributed by atoms with Crippen LogP contribution in [0.1, 0.15) is 39.4 Å². The predicted octanol–water partition coefficient (Wildman–Crippen LogP) is 2.89. The van der Waals surface area contributed by atoms with Crippen molar-refractivity contribution >= 4 is 17.1 Å². The second kappa shape index (κ2) is 6.69. The van der Waals surface area contributed by atoms with Crippen LogP contribution in [0.2, 0.25) is 0 Å². The summed E-state index contributed by atoms with van der Waals surface area (Å²) in [5.74, 6) is 2.34. The van der Waals surface area contributed by atoms with Gasteiger partial charge in [-0.05, 0) is 37.3 Å². The van der Waals surface area contributed by atoms with E-state index in [0.29, 0.717) is 24.2 Å². The summed E-state index contributed by atoms with van der Waals surface area (Å²) in [5, 5.41) is 0. The van der Waals surface area contributed by atoms with Crippen molar-refractivity contribution in [1.29, 1.82) is 0 Å². The van der Waals surface area contributed by atoms with Crippen molar-refractivity contribution in [3.8, 4) is 0 Å². The molecule has 3 rings (SSSR count). The summed E-state index contributed by atoms with van der Waals surface area (Å²) < 4.78 is 2.20. The average Bonchev–Trinajstić information content (AvgIpc) is 3.10. The zero-order chi connectivity index (χ0) is 16.4. The van der Waals surface area contributed by atoms with Crippen molar-refractivity contribution in [2.45, 2.75) is 46.6 Å². The molecule has 0 aliphatic carbocycles. The number of aryl methyl sites for hydroxylation is 1. The highest BCUT2D eigenvalue weighted by molar-refractivity contribution is 5.76. The van der Waals surface area contributed by atoms with Gasteiger partial charge in [0.25, 0.3) is 0 Å². The van der Waals surface area contributed by atoms with Crippen molar-refractivity contribution < 1.29 is 4.79 Å². The first-order valence-electron chi connectivity index (χ1n) is 8.66. The summed E-state index contributed by atoms with van der Waals surface area (Å²) in [6, 6.07) is 3.95. The maximum atomic E-state index is 12.2. The molecule has 2 aromatic rings. The van der Waals surface area contributed by atoms with Crippen molar-refractivity contribution in [1.82, 2.24) is 19.4 Å². The maximum Gasteiger partial charge on any atom is 0.222 e. The molecule has 23 heavy (non-hydrogen) atoms. The van der Waals surface area contributed by atoms with E-state index in [2.05, 4.69) is 30.3 Å². The molecule has 2 aromatic heterocycles. The quantitative estimate of drug-likeness (QED) is 0.852. The molecule has 1 fully saturated rings. The Bertz CT molecular complexity index is 691. The smallest absolute Gasteiger partial charge is 0.222 e. The number of aromatic nitrogens is 3. The van der Waals surface area contributed by atoms with E-state index >= 15 is 0 Å². The van der Waals surface area contributed by atoms with Crippen molar-refractivity contribution in [3.05, 3.63) is 24.2 Å². The number of fused-ring (bicyclic) bond motifs is 1. The molecule has 0 radical (unpaired) electrons. The van der Waals surface area contributed by atoms with Gasteiger partial charge in [-0.3, -0.25) is 4.79 Å². The lowest BCUT2D eigenvalue weighted by Crippen LogP contribution is -2.29. The minimum atomic E-state index is 0.299. The molecule has 124 valence electrons. The van der Waals surface area contributed by atoms with Gasteiger partial charge in [0, 0.05) is 38.7 Å². The summed E-state index contributed by atoms with van der Waals surface area (Å²) in [6.45, 7) is 8.97. The molecular formula is C18H26N4O. The molecule has 5 heteroatoms. The van der Waals surface area contributed by atoms with E-state index in [1.165, 1.54) is 0 Å². The lowest BCUT2D eigenvalue weighted by Gasteiger charge is -2.17. The van der Waals surface area contributed by atoms with Crippen molar-refractivity contribution in [2.24, 2.45) is 11.8 Å². The Morgan fingerprint density at radius 3 is 3.00 bits per heavy atom. The van der Waals surface area contributed by atoms with Crippen LogP contribution in [0, 0.1) is 11.8 Å². The van der Waals surface area contributed by atoms with Crippen LogP contribution in [0.4, 0.5) is 0 Å². The van der Waals surface area contributed by atoms with Crippen LogP contribution < -0.4 is 0 Å². The number of rotatable bonds is 5. The van der Waals surface area contributed by atoms with Crippen LogP contribution in [0.25, 0.3) is 11.2 Å². The topological polar surface area (TPSA) is 51.0 Å². The molecule has 0 bridgehead atoms. The summed E-state index contributed by atoms with van der Waals surface area (Å²) in [5.41, 5.74) is 1.94. The molecule has 5 nitrogen and oxygen atoms in total. The Morgan fingerprint density at radius 1 is 1.43 bits per heavy atom. The van der Waals surface area contributed by atoms with Crippen LogP contribution in [0.3, 0.4) is 0 Å². The van der Waals surface area contributed by atoms with Crippen LogP contribution >= 0.6 is 0 Å². The number of pyridine rings is 1. The minimum Gasteiger partial charge on any atom is -0.342 e. The molecule has 1 saturated heterocycles. The largest absolute Gasteiger partial charge is 0.342 e. The van der Waals surface area contributed by atoms with E-state index in [4.69, 9.17) is 4.98 Å². The number of hydrogen-bond donors (Lipinski definition) is 0. The summed E-state index contributed by atoms with van der Waals surface area (Å²) in [4.78, 5) is 23.5. The standard InChI is InChI=1S/C18H26N4O/c1-4-22-16(20-15-6-5-8-19-18(15)22)11-14-7-9-21(12-14)17(23)10-13(2)3/h5-6,8,13-14H,4,7,9-12H2,1-3H3. The Morgan fingerprint density at radius 2 is 2.26 bits per heavy atom. The third-order valence-corrected chi connectivity index (χ3v) is 4.59. The summed E-state index contributed by atoms with van der Waals surface area (Å²) >= 11 is 0. The fourth-order valence-corrected chi connectivity index (χ4v) is 3.46. The monoisotopic (exact) mass is 314 g/mol. The number of nitrogens with zero attached hydrogens (tertiary/aromatic N) is 4. The van der Waals surface area contributed by atoms with E-state index in [1.807, 2.05) is 23.2 Å². The average molecular weight is 314 g/mol. The fourth-order valence-electron chi connectivity index (χ4n) is 3.46. The van der Waals surface area contributed by atoms with Crippen LogP contribution in [-0.4, -0.2) is 38.4 Å². The van der Waals surface area contributed by atoms with Gasteiger partial charge in [0.15, 0.2) is 5.65 Å². The highest BCUT2D eigenvalue weighted by atomic mass is 16.2. The number of carbonyl (C=O) groups excluding carboxylic acids is 1. The van der Waals surface area contributed by atoms with Crippen molar-refractivity contribution in [2.75, 3.05) is 13.1 Å². The SMILES string of the molecule is CCn1c(CC2CCN(C(=O)CC(C)C)C2)nc2cccnc21. The van der Waals surface area contributed by atoms with Gasteiger partial charge in [-0.25, -0.2) is 9.97 Å². The van der Waals surface area contributed by atoms with Crippen LogP contribution in [0.5, 0.6) is 0 Å².